The number of fused-ring (bicyclic) bond motifs is 1. The van der Waals surface area contributed by atoms with Crippen LogP contribution < -0.4 is 10.6 Å². The van der Waals surface area contributed by atoms with Gasteiger partial charge in [0.05, 0.1) is 16.8 Å². The summed E-state index contributed by atoms with van der Waals surface area (Å²) in [5, 5.41) is 0. The first-order chi connectivity index (χ1) is 8.38. The average molecular weight is 258 g/mol. The average Bonchev–Trinajstić information content (AvgIpc) is 2.54. The molecule has 0 bridgehead atoms. The fraction of sp³-hybridized carbons (Fsp3) is 0.273. The Labute approximate surface area is 100 Å². The van der Waals surface area contributed by atoms with Crippen molar-refractivity contribution in [1.82, 2.24) is 0 Å². The van der Waals surface area contributed by atoms with Crippen LogP contribution in [0.4, 0.5) is 18.9 Å². The molecule has 0 atom stereocenters. The summed E-state index contributed by atoms with van der Waals surface area (Å²) in [4.78, 5) is 23.9. The minimum absolute atomic E-state index is 0.0232. The van der Waals surface area contributed by atoms with Gasteiger partial charge in [-0.25, -0.2) is 0 Å². The van der Waals surface area contributed by atoms with E-state index in [-0.39, 0.29) is 24.3 Å². The Hall–Kier alpha value is -1.89. The first kappa shape index (κ1) is 12.6. The molecule has 1 heterocycles. The van der Waals surface area contributed by atoms with Crippen molar-refractivity contribution in [3.63, 3.8) is 0 Å². The number of carbonyl (C=O) groups is 2. The van der Waals surface area contributed by atoms with Gasteiger partial charge in [-0.3, -0.25) is 9.59 Å². The predicted molar refractivity (Wildman–Crippen MR) is 57.2 cm³/mol. The summed E-state index contributed by atoms with van der Waals surface area (Å²) in [6, 6.07) is 3.16. The number of rotatable bonds is 2. The van der Waals surface area contributed by atoms with Crippen LogP contribution in [-0.2, 0) is 11.0 Å². The quantitative estimate of drug-likeness (QED) is 0.810. The molecule has 0 saturated carbocycles. The number of anilines is 1. The minimum Gasteiger partial charge on any atom is -0.329 e. The van der Waals surface area contributed by atoms with Gasteiger partial charge in [0.15, 0.2) is 0 Å². The second-order valence-electron chi connectivity index (χ2n) is 3.77. The van der Waals surface area contributed by atoms with E-state index in [1.165, 1.54) is 6.07 Å². The first-order valence-electron chi connectivity index (χ1n) is 5.14. The smallest absolute Gasteiger partial charge is 0.329 e. The van der Waals surface area contributed by atoms with Crippen LogP contribution in [-0.4, -0.2) is 24.8 Å². The summed E-state index contributed by atoms with van der Waals surface area (Å²) in [6.45, 7) is -0.144. The third kappa shape index (κ3) is 1.76. The third-order valence-corrected chi connectivity index (χ3v) is 2.65. The van der Waals surface area contributed by atoms with Gasteiger partial charge in [0.1, 0.15) is 0 Å². The maximum Gasteiger partial charge on any atom is 0.418 e. The summed E-state index contributed by atoms with van der Waals surface area (Å²) in [6.07, 6.45) is -4.62. The van der Waals surface area contributed by atoms with Crippen molar-refractivity contribution < 1.29 is 22.8 Å². The molecule has 0 aliphatic carbocycles. The Morgan fingerprint density at radius 1 is 1.22 bits per heavy atom. The van der Waals surface area contributed by atoms with E-state index in [9.17, 15) is 22.8 Å². The Balaban J connectivity index is 2.65. The Morgan fingerprint density at radius 3 is 2.44 bits per heavy atom. The molecule has 0 unspecified atom stereocenters. The lowest BCUT2D eigenvalue weighted by atomic mass is 10.1. The van der Waals surface area contributed by atoms with Crippen LogP contribution in [0.3, 0.4) is 0 Å². The Bertz CT molecular complexity index is 526. The number of benzene rings is 1. The van der Waals surface area contributed by atoms with Gasteiger partial charge in [-0.1, -0.05) is 6.07 Å². The molecule has 1 amide bonds. The fourth-order valence-corrected chi connectivity index (χ4v) is 1.93. The van der Waals surface area contributed by atoms with Crippen LogP contribution in [0.2, 0.25) is 0 Å². The van der Waals surface area contributed by atoms with Crippen LogP contribution in [0, 0.1) is 0 Å². The van der Waals surface area contributed by atoms with E-state index < -0.39 is 23.4 Å². The van der Waals surface area contributed by atoms with E-state index in [0.29, 0.717) is 0 Å². The van der Waals surface area contributed by atoms with E-state index in [1.807, 2.05) is 0 Å². The molecule has 2 N–H and O–H groups in total. The van der Waals surface area contributed by atoms with Crippen LogP contribution in [0.15, 0.2) is 18.2 Å². The minimum atomic E-state index is -4.62. The number of Topliss-reactive ketones (excluding diaryl/α,β-unsaturated/α-hetero) is 1. The number of ketones is 1. The summed E-state index contributed by atoms with van der Waals surface area (Å²) in [7, 11) is 0. The highest BCUT2D eigenvalue weighted by Gasteiger charge is 2.43. The number of hydrogen-bond donors (Lipinski definition) is 1. The zero-order valence-electron chi connectivity index (χ0n) is 9.12. The van der Waals surface area contributed by atoms with E-state index in [4.69, 9.17) is 5.73 Å². The molecule has 0 spiro atoms. The fourth-order valence-electron chi connectivity index (χ4n) is 1.93. The summed E-state index contributed by atoms with van der Waals surface area (Å²) < 4.78 is 38.5. The molecule has 2 rings (SSSR count). The maximum absolute atomic E-state index is 12.8. The van der Waals surface area contributed by atoms with Crippen molar-refractivity contribution >= 4 is 17.4 Å². The number of halogens is 3. The van der Waals surface area contributed by atoms with Crippen molar-refractivity contribution in [2.24, 2.45) is 5.73 Å². The summed E-state index contributed by atoms with van der Waals surface area (Å²) >= 11 is 0. The Morgan fingerprint density at radius 2 is 1.89 bits per heavy atom. The summed E-state index contributed by atoms with van der Waals surface area (Å²) in [5.41, 5.74) is 3.65. The van der Waals surface area contributed by atoms with Gasteiger partial charge in [-0.15, -0.1) is 0 Å². The predicted octanol–water partition coefficient (Wildman–Crippen LogP) is 1.19. The van der Waals surface area contributed by atoms with E-state index in [0.717, 1.165) is 17.0 Å². The lowest BCUT2D eigenvalue weighted by Gasteiger charge is -2.19. The van der Waals surface area contributed by atoms with Crippen molar-refractivity contribution in [3.8, 4) is 0 Å². The lowest BCUT2D eigenvalue weighted by molar-refractivity contribution is -0.137. The number of nitrogens with zero attached hydrogens (tertiary/aromatic N) is 1. The Kier molecular flexibility index (Phi) is 2.86. The van der Waals surface area contributed by atoms with Crippen LogP contribution in [0.25, 0.3) is 0 Å². The van der Waals surface area contributed by atoms with Crippen LogP contribution >= 0.6 is 0 Å². The molecule has 1 aromatic carbocycles. The van der Waals surface area contributed by atoms with E-state index in [1.54, 1.807) is 0 Å². The monoisotopic (exact) mass is 258 g/mol. The molecule has 1 aliphatic heterocycles. The number of nitrogens with two attached hydrogens (primary N) is 1. The molecule has 0 radical (unpaired) electrons. The van der Waals surface area contributed by atoms with Gasteiger partial charge >= 0.3 is 6.18 Å². The normalized spacial score (nSPS) is 15.2. The number of amides is 1. The molecule has 7 heteroatoms. The highest BCUT2D eigenvalue weighted by atomic mass is 19.4. The standard InChI is InChI=1S/C11H9F3N2O2/c12-11(13,14)7-3-1-2-6-8(7)16(5-4-15)10(18)9(6)17/h1-3H,4-5,15H2. The van der Waals surface area contributed by atoms with E-state index in [2.05, 4.69) is 0 Å². The number of hydrogen-bond acceptors (Lipinski definition) is 3. The molecule has 4 nitrogen and oxygen atoms in total. The SMILES string of the molecule is NCCN1C(=O)C(=O)c2cccc(C(F)(F)F)c21. The van der Waals surface area contributed by atoms with Crippen molar-refractivity contribution in [2.75, 3.05) is 18.0 Å². The highest BCUT2D eigenvalue weighted by molar-refractivity contribution is 6.52. The molecule has 0 fully saturated rings. The second kappa shape index (κ2) is 4.09. The molecular formula is C11H9F3N2O2. The topological polar surface area (TPSA) is 63.4 Å². The number of para-hydroxylation sites is 1. The lowest BCUT2D eigenvalue weighted by Crippen LogP contribution is -2.35. The molecule has 1 aromatic rings. The van der Waals surface area contributed by atoms with Crippen molar-refractivity contribution in [2.45, 2.75) is 6.18 Å². The van der Waals surface area contributed by atoms with Gasteiger partial charge in [-0.05, 0) is 12.1 Å². The zero-order valence-corrected chi connectivity index (χ0v) is 9.12. The molecule has 0 saturated heterocycles. The number of alkyl halides is 3. The van der Waals surface area contributed by atoms with E-state index >= 15 is 0 Å². The van der Waals surface area contributed by atoms with Gasteiger partial charge in [0, 0.05) is 13.1 Å². The molecule has 0 aromatic heterocycles. The molecule has 96 valence electrons. The second-order valence-corrected chi connectivity index (χ2v) is 3.77. The largest absolute Gasteiger partial charge is 0.418 e. The first-order valence-corrected chi connectivity index (χ1v) is 5.14. The van der Waals surface area contributed by atoms with Crippen LogP contribution in [0.1, 0.15) is 15.9 Å². The molecular weight excluding hydrogens is 249 g/mol. The van der Waals surface area contributed by atoms with Gasteiger partial charge in [0.25, 0.3) is 11.7 Å². The van der Waals surface area contributed by atoms with Gasteiger partial charge < -0.3 is 10.6 Å². The maximum atomic E-state index is 12.8. The van der Waals surface area contributed by atoms with Gasteiger partial charge in [-0.2, -0.15) is 13.2 Å². The zero-order chi connectivity index (χ0) is 13.5. The van der Waals surface area contributed by atoms with Gasteiger partial charge in [0.2, 0.25) is 0 Å². The van der Waals surface area contributed by atoms with Crippen molar-refractivity contribution in [1.29, 1.82) is 0 Å². The molecule has 18 heavy (non-hydrogen) atoms. The number of carbonyl (C=O) groups excluding carboxylic acids is 2. The third-order valence-electron chi connectivity index (χ3n) is 2.65. The summed E-state index contributed by atoms with van der Waals surface area (Å²) in [5.74, 6) is -1.89. The molecule has 1 aliphatic rings. The van der Waals surface area contributed by atoms with Crippen molar-refractivity contribution in [3.05, 3.63) is 29.3 Å². The van der Waals surface area contributed by atoms with Crippen LogP contribution in [0.5, 0.6) is 0 Å². The highest BCUT2D eigenvalue weighted by Crippen LogP contribution is 2.41.